The Kier molecular flexibility index (Phi) is 5.20. The van der Waals surface area contributed by atoms with Crippen LogP contribution in [0.5, 0.6) is 0 Å². The third-order valence-corrected chi connectivity index (χ3v) is 3.70. The molecule has 0 saturated heterocycles. The molecule has 2 atom stereocenters. The van der Waals surface area contributed by atoms with E-state index < -0.39 is 0 Å². The van der Waals surface area contributed by atoms with Gasteiger partial charge < -0.3 is 5.32 Å². The molecule has 0 aliphatic heterocycles. The Balaban J connectivity index is 2.33. The van der Waals surface area contributed by atoms with Gasteiger partial charge in [-0.1, -0.05) is 58.0 Å². The van der Waals surface area contributed by atoms with Gasteiger partial charge in [0, 0.05) is 6.04 Å². The van der Waals surface area contributed by atoms with Gasteiger partial charge in [-0.05, 0) is 36.8 Å². The molecule has 0 heterocycles. The van der Waals surface area contributed by atoms with Crippen molar-refractivity contribution in [2.75, 3.05) is 6.54 Å². The van der Waals surface area contributed by atoms with Crippen LogP contribution in [-0.4, -0.2) is 12.6 Å². The fourth-order valence-electron chi connectivity index (χ4n) is 1.77. The smallest absolute Gasteiger partial charge is 0.00872 e. The summed E-state index contributed by atoms with van der Waals surface area (Å²) < 4.78 is 0. The minimum atomic E-state index is 0.343. The molecule has 1 nitrogen and oxygen atoms in total. The second-order valence-corrected chi connectivity index (χ2v) is 6.14. The number of rotatable bonds is 5. The van der Waals surface area contributed by atoms with Crippen LogP contribution in [-0.2, 0) is 0 Å². The van der Waals surface area contributed by atoms with E-state index in [1.165, 1.54) is 12.0 Å². The van der Waals surface area contributed by atoms with Gasteiger partial charge in [0.25, 0.3) is 0 Å². The van der Waals surface area contributed by atoms with Gasteiger partial charge >= 0.3 is 0 Å². The molecule has 2 unspecified atom stereocenters. The highest BCUT2D eigenvalue weighted by molar-refractivity contribution is 5.18. The Labute approximate surface area is 107 Å². The molecule has 1 heteroatoms. The Hall–Kier alpha value is -0.820. The zero-order valence-electron chi connectivity index (χ0n) is 12.0. The van der Waals surface area contributed by atoms with E-state index in [2.05, 4.69) is 70.3 Å². The fraction of sp³-hybridized carbons (Fsp3) is 0.625. The molecule has 1 N–H and O–H groups in total. The molecule has 1 aromatic rings. The molecule has 0 amide bonds. The van der Waals surface area contributed by atoms with Crippen molar-refractivity contribution in [2.24, 2.45) is 5.41 Å². The fourth-order valence-corrected chi connectivity index (χ4v) is 1.77. The predicted molar refractivity (Wildman–Crippen MR) is 76.4 cm³/mol. The molecule has 17 heavy (non-hydrogen) atoms. The molecular weight excluding hydrogens is 206 g/mol. The van der Waals surface area contributed by atoms with Gasteiger partial charge in [0.05, 0.1) is 0 Å². The van der Waals surface area contributed by atoms with Crippen LogP contribution in [0.1, 0.15) is 52.5 Å². The molecule has 0 spiro atoms. The Morgan fingerprint density at radius 3 is 2.18 bits per heavy atom. The molecule has 0 fully saturated rings. The SMILES string of the molecule is CC(CCNC(C)C(C)(C)C)c1ccccc1. The van der Waals surface area contributed by atoms with Crippen LogP contribution in [0.2, 0.25) is 0 Å². The number of hydrogen-bond acceptors (Lipinski definition) is 1. The van der Waals surface area contributed by atoms with Crippen molar-refractivity contribution in [1.29, 1.82) is 0 Å². The Morgan fingerprint density at radius 2 is 1.65 bits per heavy atom. The average Bonchev–Trinajstić information content (AvgIpc) is 2.28. The van der Waals surface area contributed by atoms with Crippen molar-refractivity contribution in [3.05, 3.63) is 35.9 Å². The van der Waals surface area contributed by atoms with Crippen LogP contribution in [0.4, 0.5) is 0 Å². The van der Waals surface area contributed by atoms with Gasteiger partial charge in [0.2, 0.25) is 0 Å². The Bertz CT molecular complexity index is 310. The zero-order valence-corrected chi connectivity index (χ0v) is 12.0. The van der Waals surface area contributed by atoms with E-state index in [1.54, 1.807) is 0 Å². The third-order valence-electron chi connectivity index (χ3n) is 3.70. The van der Waals surface area contributed by atoms with Gasteiger partial charge in [-0.25, -0.2) is 0 Å². The molecule has 0 aromatic heterocycles. The largest absolute Gasteiger partial charge is 0.314 e. The van der Waals surface area contributed by atoms with Crippen LogP contribution in [0, 0.1) is 5.41 Å². The molecule has 1 rings (SSSR count). The van der Waals surface area contributed by atoms with Crippen LogP contribution >= 0.6 is 0 Å². The van der Waals surface area contributed by atoms with Gasteiger partial charge in [0.15, 0.2) is 0 Å². The summed E-state index contributed by atoms with van der Waals surface area (Å²) in [5, 5.41) is 3.62. The summed E-state index contributed by atoms with van der Waals surface area (Å²) in [6, 6.07) is 11.3. The molecule has 0 aliphatic carbocycles. The summed E-state index contributed by atoms with van der Waals surface area (Å²) >= 11 is 0. The van der Waals surface area contributed by atoms with Crippen molar-refractivity contribution in [3.63, 3.8) is 0 Å². The van der Waals surface area contributed by atoms with E-state index in [9.17, 15) is 0 Å². The van der Waals surface area contributed by atoms with E-state index in [4.69, 9.17) is 0 Å². The lowest BCUT2D eigenvalue weighted by molar-refractivity contribution is 0.284. The second kappa shape index (κ2) is 6.20. The molecule has 0 radical (unpaired) electrons. The maximum Gasteiger partial charge on any atom is 0.00872 e. The van der Waals surface area contributed by atoms with Crippen molar-refractivity contribution >= 4 is 0 Å². The monoisotopic (exact) mass is 233 g/mol. The summed E-state index contributed by atoms with van der Waals surface area (Å²) in [6.07, 6.45) is 1.20. The quantitative estimate of drug-likeness (QED) is 0.803. The first-order valence-corrected chi connectivity index (χ1v) is 6.69. The van der Waals surface area contributed by atoms with Crippen molar-refractivity contribution in [3.8, 4) is 0 Å². The van der Waals surface area contributed by atoms with Gasteiger partial charge in [-0.2, -0.15) is 0 Å². The van der Waals surface area contributed by atoms with Gasteiger partial charge in [-0.15, -0.1) is 0 Å². The average molecular weight is 233 g/mol. The van der Waals surface area contributed by atoms with Gasteiger partial charge in [-0.3, -0.25) is 0 Å². The summed E-state index contributed by atoms with van der Waals surface area (Å²) in [4.78, 5) is 0. The van der Waals surface area contributed by atoms with E-state index in [-0.39, 0.29) is 0 Å². The maximum atomic E-state index is 3.62. The lowest BCUT2D eigenvalue weighted by Crippen LogP contribution is -2.38. The van der Waals surface area contributed by atoms with Crippen LogP contribution in [0.15, 0.2) is 30.3 Å². The highest BCUT2D eigenvalue weighted by Gasteiger charge is 2.19. The lowest BCUT2D eigenvalue weighted by atomic mass is 9.88. The topological polar surface area (TPSA) is 12.0 Å². The summed E-state index contributed by atoms with van der Waals surface area (Å²) in [7, 11) is 0. The minimum absolute atomic E-state index is 0.343. The van der Waals surface area contributed by atoms with Crippen molar-refractivity contribution < 1.29 is 0 Å². The maximum absolute atomic E-state index is 3.62. The van der Waals surface area contributed by atoms with Crippen LogP contribution in [0.25, 0.3) is 0 Å². The molecular formula is C16H27N. The standard InChI is InChI=1S/C16H27N/c1-13(15-9-7-6-8-10-15)11-12-17-14(2)16(3,4)5/h6-10,13-14,17H,11-12H2,1-5H3. The van der Waals surface area contributed by atoms with E-state index in [0.29, 0.717) is 17.4 Å². The summed E-state index contributed by atoms with van der Waals surface area (Å²) in [5.74, 6) is 0.635. The summed E-state index contributed by atoms with van der Waals surface area (Å²) in [6.45, 7) is 12.5. The van der Waals surface area contributed by atoms with Crippen molar-refractivity contribution in [2.45, 2.75) is 53.0 Å². The lowest BCUT2D eigenvalue weighted by Gasteiger charge is -2.28. The first kappa shape index (κ1) is 14.2. The molecule has 0 bridgehead atoms. The zero-order chi connectivity index (χ0) is 12.9. The third kappa shape index (κ3) is 4.91. The molecule has 0 saturated carbocycles. The first-order chi connectivity index (χ1) is 7.91. The molecule has 96 valence electrons. The normalized spacial score (nSPS) is 15.6. The second-order valence-electron chi connectivity index (χ2n) is 6.14. The van der Waals surface area contributed by atoms with Crippen LogP contribution in [0.3, 0.4) is 0 Å². The molecule has 0 aliphatic rings. The Morgan fingerprint density at radius 1 is 1.06 bits per heavy atom. The highest BCUT2D eigenvalue weighted by Crippen LogP contribution is 2.20. The van der Waals surface area contributed by atoms with Gasteiger partial charge in [0.1, 0.15) is 0 Å². The highest BCUT2D eigenvalue weighted by atomic mass is 14.9. The summed E-state index contributed by atoms with van der Waals surface area (Å²) in [5.41, 5.74) is 1.79. The first-order valence-electron chi connectivity index (χ1n) is 6.69. The van der Waals surface area contributed by atoms with E-state index >= 15 is 0 Å². The predicted octanol–water partition coefficient (Wildman–Crippen LogP) is 4.20. The molecule has 1 aromatic carbocycles. The van der Waals surface area contributed by atoms with Crippen molar-refractivity contribution in [1.82, 2.24) is 5.32 Å². The van der Waals surface area contributed by atoms with E-state index in [0.717, 1.165) is 6.54 Å². The van der Waals surface area contributed by atoms with E-state index in [1.807, 2.05) is 0 Å². The number of nitrogens with one attached hydrogen (secondary N) is 1. The number of benzene rings is 1. The van der Waals surface area contributed by atoms with Crippen LogP contribution < -0.4 is 5.32 Å². The number of hydrogen-bond donors (Lipinski definition) is 1. The minimum Gasteiger partial charge on any atom is -0.314 e.